The summed E-state index contributed by atoms with van der Waals surface area (Å²) in [6.45, 7) is 5.19. The topological polar surface area (TPSA) is 41.6 Å². The van der Waals surface area contributed by atoms with Crippen molar-refractivity contribution in [1.82, 2.24) is 10.2 Å². The first-order valence-corrected chi connectivity index (χ1v) is 7.23. The van der Waals surface area contributed by atoms with Crippen LogP contribution in [0.2, 0.25) is 5.02 Å². The lowest BCUT2D eigenvalue weighted by Crippen LogP contribution is -2.35. The van der Waals surface area contributed by atoms with E-state index in [-0.39, 0.29) is 24.0 Å². The summed E-state index contributed by atoms with van der Waals surface area (Å²) < 4.78 is 5.11. The maximum absolute atomic E-state index is 12.5. The molecule has 0 radical (unpaired) electrons. The molecule has 0 bridgehead atoms. The molecule has 1 heterocycles. The number of hydrogen-bond acceptors (Lipinski definition) is 3. The number of carbonyl (C=O) groups is 1. The van der Waals surface area contributed by atoms with Crippen LogP contribution in [0.25, 0.3) is 0 Å². The summed E-state index contributed by atoms with van der Waals surface area (Å²) in [4.78, 5) is 14.3. The van der Waals surface area contributed by atoms with Crippen molar-refractivity contribution in [1.29, 1.82) is 0 Å². The van der Waals surface area contributed by atoms with E-state index in [1.165, 1.54) is 0 Å². The summed E-state index contributed by atoms with van der Waals surface area (Å²) in [7, 11) is 1.64. The third kappa shape index (κ3) is 3.14. The van der Waals surface area contributed by atoms with E-state index in [2.05, 4.69) is 5.32 Å². The Kier molecular flexibility index (Phi) is 5.02. The molecule has 2 unspecified atom stereocenters. The minimum atomic E-state index is -0.157. The summed E-state index contributed by atoms with van der Waals surface area (Å²) in [6, 6.07) is 7.47. The molecule has 20 heavy (non-hydrogen) atoms. The van der Waals surface area contributed by atoms with E-state index < -0.39 is 0 Å². The fourth-order valence-electron chi connectivity index (χ4n) is 2.50. The van der Waals surface area contributed by atoms with E-state index in [4.69, 9.17) is 16.3 Å². The van der Waals surface area contributed by atoms with Crippen LogP contribution in [-0.4, -0.2) is 37.1 Å². The summed E-state index contributed by atoms with van der Waals surface area (Å²) >= 11 is 6.05. The lowest BCUT2D eigenvalue weighted by molar-refractivity contribution is -0.131. The number of carbonyl (C=O) groups excluding carboxylic acids is 1. The molecule has 2 atom stereocenters. The third-order valence-corrected chi connectivity index (χ3v) is 3.80. The zero-order valence-electron chi connectivity index (χ0n) is 12.1. The van der Waals surface area contributed by atoms with Gasteiger partial charge in [0, 0.05) is 18.7 Å². The van der Waals surface area contributed by atoms with Crippen LogP contribution in [0.1, 0.15) is 25.6 Å². The van der Waals surface area contributed by atoms with Crippen molar-refractivity contribution in [3.8, 4) is 0 Å². The number of rotatable bonds is 5. The van der Waals surface area contributed by atoms with E-state index in [9.17, 15) is 4.79 Å². The van der Waals surface area contributed by atoms with Crippen LogP contribution >= 0.6 is 11.6 Å². The lowest BCUT2D eigenvalue weighted by Gasteiger charge is -2.24. The van der Waals surface area contributed by atoms with E-state index in [1.54, 1.807) is 7.11 Å². The molecule has 1 fully saturated rings. The molecule has 1 aliphatic rings. The SMILES string of the molecule is COCCN1C(=O)C(C(C)C)NC1c1cccc(Cl)c1. The predicted molar refractivity (Wildman–Crippen MR) is 79.5 cm³/mol. The van der Waals surface area contributed by atoms with Gasteiger partial charge in [0.05, 0.1) is 12.6 Å². The highest BCUT2D eigenvalue weighted by Gasteiger charge is 2.40. The predicted octanol–water partition coefficient (Wildman–Crippen LogP) is 2.44. The van der Waals surface area contributed by atoms with Crippen molar-refractivity contribution in [3.05, 3.63) is 34.9 Å². The van der Waals surface area contributed by atoms with Crippen molar-refractivity contribution in [3.63, 3.8) is 0 Å². The first-order chi connectivity index (χ1) is 9.54. The maximum atomic E-state index is 12.5. The van der Waals surface area contributed by atoms with Gasteiger partial charge in [-0.1, -0.05) is 37.6 Å². The number of halogens is 1. The van der Waals surface area contributed by atoms with Gasteiger partial charge >= 0.3 is 0 Å². The van der Waals surface area contributed by atoms with Gasteiger partial charge in [0.25, 0.3) is 0 Å². The number of methoxy groups -OCH3 is 1. The summed E-state index contributed by atoms with van der Waals surface area (Å²) in [6.07, 6.45) is -0.135. The molecule has 1 aromatic rings. The highest BCUT2D eigenvalue weighted by Crippen LogP contribution is 2.29. The Morgan fingerprint density at radius 2 is 2.20 bits per heavy atom. The summed E-state index contributed by atoms with van der Waals surface area (Å²) in [5.41, 5.74) is 1.00. The Labute approximate surface area is 125 Å². The first kappa shape index (κ1) is 15.3. The second-order valence-corrected chi connectivity index (χ2v) is 5.81. The van der Waals surface area contributed by atoms with Gasteiger partial charge in [-0.25, -0.2) is 0 Å². The monoisotopic (exact) mass is 296 g/mol. The van der Waals surface area contributed by atoms with Gasteiger partial charge in [0.2, 0.25) is 5.91 Å². The Morgan fingerprint density at radius 1 is 1.45 bits per heavy atom. The molecular formula is C15H21ClN2O2. The van der Waals surface area contributed by atoms with E-state index in [0.29, 0.717) is 18.2 Å². The second kappa shape index (κ2) is 6.57. The molecule has 2 rings (SSSR count). The van der Waals surface area contributed by atoms with Gasteiger partial charge in [-0.2, -0.15) is 0 Å². The molecule has 0 aromatic heterocycles. The van der Waals surface area contributed by atoms with Crippen LogP contribution in [-0.2, 0) is 9.53 Å². The molecular weight excluding hydrogens is 276 g/mol. The fourth-order valence-corrected chi connectivity index (χ4v) is 2.70. The molecule has 1 aliphatic heterocycles. The molecule has 0 saturated carbocycles. The van der Waals surface area contributed by atoms with Crippen LogP contribution < -0.4 is 5.32 Å². The molecule has 1 aromatic carbocycles. The van der Waals surface area contributed by atoms with Crippen molar-refractivity contribution >= 4 is 17.5 Å². The van der Waals surface area contributed by atoms with Gasteiger partial charge in [-0.05, 0) is 23.6 Å². The lowest BCUT2D eigenvalue weighted by atomic mass is 10.1. The average Bonchev–Trinajstić information content (AvgIpc) is 2.74. The molecule has 0 spiro atoms. The summed E-state index contributed by atoms with van der Waals surface area (Å²) in [5, 5.41) is 4.08. The van der Waals surface area contributed by atoms with Crippen molar-refractivity contribution in [2.24, 2.45) is 5.92 Å². The van der Waals surface area contributed by atoms with E-state index in [1.807, 2.05) is 43.0 Å². The highest BCUT2D eigenvalue weighted by molar-refractivity contribution is 6.30. The van der Waals surface area contributed by atoms with Crippen molar-refractivity contribution in [2.75, 3.05) is 20.3 Å². The zero-order chi connectivity index (χ0) is 14.7. The standard InChI is InChI=1S/C15H21ClN2O2/c1-10(2)13-15(19)18(7-8-20-3)14(17-13)11-5-4-6-12(16)9-11/h4-6,9-10,13-14,17H,7-8H2,1-3H3. The fraction of sp³-hybridized carbons (Fsp3) is 0.533. The smallest absolute Gasteiger partial charge is 0.241 e. The second-order valence-electron chi connectivity index (χ2n) is 5.37. The van der Waals surface area contributed by atoms with Crippen molar-refractivity contribution < 1.29 is 9.53 Å². The molecule has 5 heteroatoms. The number of nitrogens with zero attached hydrogens (tertiary/aromatic N) is 1. The molecule has 1 amide bonds. The quantitative estimate of drug-likeness (QED) is 0.907. The van der Waals surface area contributed by atoms with Gasteiger partial charge in [0.1, 0.15) is 6.17 Å². The van der Waals surface area contributed by atoms with E-state index in [0.717, 1.165) is 5.56 Å². The molecule has 1 N–H and O–H groups in total. The van der Waals surface area contributed by atoms with Crippen LogP contribution in [0.15, 0.2) is 24.3 Å². The third-order valence-electron chi connectivity index (χ3n) is 3.57. The average molecular weight is 297 g/mol. The molecule has 4 nitrogen and oxygen atoms in total. The van der Waals surface area contributed by atoms with Gasteiger partial charge in [-0.3, -0.25) is 10.1 Å². The first-order valence-electron chi connectivity index (χ1n) is 6.85. The van der Waals surface area contributed by atoms with Gasteiger partial charge in [0.15, 0.2) is 0 Å². The molecule has 0 aliphatic carbocycles. The van der Waals surface area contributed by atoms with Crippen molar-refractivity contribution in [2.45, 2.75) is 26.1 Å². The van der Waals surface area contributed by atoms with Gasteiger partial charge in [-0.15, -0.1) is 0 Å². The number of ether oxygens (including phenoxy) is 1. The van der Waals surface area contributed by atoms with Crippen LogP contribution in [0, 0.1) is 5.92 Å². The molecule has 1 saturated heterocycles. The normalized spacial score (nSPS) is 22.9. The Hall–Kier alpha value is -1.10. The van der Waals surface area contributed by atoms with Crippen LogP contribution in [0.4, 0.5) is 0 Å². The van der Waals surface area contributed by atoms with Crippen LogP contribution in [0.5, 0.6) is 0 Å². The zero-order valence-corrected chi connectivity index (χ0v) is 12.9. The largest absolute Gasteiger partial charge is 0.383 e. The number of benzene rings is 1. The molecule has 110 valence electrons. The Balaban J connectivity index is 2.26. The van der Waals surface area contributed by atoms with E-state index >= 15 is 0 Å². The van der Waals surface area contributed by atoms with Crippen LogP contribution in [0.3, 0.4) is 0 Å². The van der Waals surface area contributed by atoms with Gasteiger partial charge < -0.3 is 9.64 Å². The Morgan fingerprint density at radius 3 is 2.80 bits per heavy atom. The minimum absolute atomic E-state index is 0.127. The number of nitrogens with one attached hydrogen (secondary N) is 1. The number of hydrogen-bond donors (Lipinski definition) is 1. The highest BCUT2D eigenvalue weighted by atomic mass is 35.5. The number of amides is 1. The Bertz CT molecular complexity index is 479. The minimum Gasteiger partial charge on any atom is -0.383 e. The maximum Gasteiger partial charge on any atom is 0.241 e. The summed E-state index contributed by atoms with van der Waals surface area (Å²) in [5.74, 6) is 0.374.